The third-order valence-electron chi connectivity index (χ3n) is 2.27. The highest BCUT2D eigenvalue weighted by atomic mass is 35.5. The largest absolute Gasteiger partial charge is 0.492 e. The molecule has 0 aliphatic carbocycles. The maximum absolute atomic E-state index is 5.79. The van der Waals surface area contributed by atoms with E-state index in [0.29, 0.717) is 5.88 Å². The third kappa shape index (κ3) is 4.52. The average Bonchev–Trinajstić information content (AvgIpc) is 2.29. The molecule has 0 N–H and O–H groups in total. The van der Waals surface area contributed by atoms with Gasteiger partial charge in [0.25, 0.3) is 0 Å². The molecule has 3 heteroatoms. The van der Waals surface area contributed by atoms with Crippen molar-refractivity contribution in [3.8, 4) is 5.75 Å². The van der Waals surface area contributed by atoms with Crippen molar-refractivity contribution in [2.24, 2.45) is 0 Å². The Hall–Kier alpha value is -0.760. The zero-order valence-electron chi connectivity index (χ0n) is 9.21. The van der Waals surface area contributed by atoms with Gasteiger partial charge in [0, 0.05) is 11.8 Å². The van der Waals surface area contributed by atoms with E-state index in [1.165, 1.54) is 19.3 Å². The van der Waals surface area contributed by atoms with Crippen LogP contribution in [0.2, 0.25) is 0 Å². The summed E-state index contributed by atoms with van der Waals surface area (Å²) in [5.74, 6) is 1.30. The highest BCUT2D eigenvalue weighted by molar-refractivity contribution is 6.17. The number of pyridine rings is 1. The SMILES string of the molecule is CCCCCCOc1cnccc1CCl. The molecule has 84 valence electrons. The molecule has 0 saturated heterocycles. The fraction of sp³-hybridized carbons (Fsp3) is 0.583. The van der Waals surface area contributed by atoms with Crippen LogP contribution in [-0.4, -0.2) is 11.6 Å². The average molecular weight is 228 g/mol. The number of unbranched alkanes of at least 4 members (excludes halogenated alkanes) is 3. The molecule has 15 heavy (non-hydrogen) atoms. The van der Waals surface area contributed by atoms with Crippen LogP contribution in [0.1, 0.15) is 38.2 Å². The van der Waals surface area contributed by atoms with Crippen LogP contribution in [-0.2, 0) is 5.88 Å². The van der Waals surface area contributed by atoms with Gasteiger partial charge in [0.15, 0.2) is 0 Å². The lowest BCUT2D eigenvalue weighted by Crippen LogP contribution is -2.00. The first-order chi connectivity index (χ1) is 7.38. The smallest absolute Gasteiger partial charge is 0.141 e. The van der Waals surface area contributed by atoms with Gasteiger partial charge in [0.2, 0.25) is 0 Å². The van der Waals surface area contributed by atoms with E-state index in [2.05, 4.69) is 11.9 Å². The summed E-state index contributed by atoms with van der Waals surface area (Å²) >= 11 is 5.79. The monoisotopic (exact) mass is 227 g/mol. The van der Waals surface area contributed by atoms with E-state index < -0.39 is 0 Å². The van der Waals surface area contributed by atoms with E-state index >= 15 is 0 Å². The molecule has 1 heterocycles. The summed E-state index contributed by atoms with van der Waals surface area (Å²) in [4.78, 5) is 4.02. The van der Waals surface area contributed by atoms with Gasteiger partial charge in [0.05, 0.1) is 18.7 Å². The Morgan fingerprint density at radius 2 is 2.20 bits per heavy atom. The second kappa shape index (κ2) is 7.52. The molecular formula is C12H18ClNO. The van der Waals surface area contributed by atoms with Gasteiger partial charge in [-0.3, -0.25) is 4.98 Å². The fourth-order valence-corrected chi connectivity index (χ4v) is 1.58. The van der Waals surface area contributed by atoms with Crippen LogP contribution in [0, 0.1) is 0 Å². The first-order valence-corrected chi connectivity index (χ1v) is 6.03. The first kappa shape index (κ1) is 12.3. The van der Waals surface area contributed by atoms with Crippen molar-refractivity contribution in [3.63, 3.8) is 0 Å². The third-order valence-corrected chi connectivity index (χ3v) is 2.56. The number of ether oxygens (including phenoxy) is 1. The molecule has 0 saturated carbocycles. The van der Waals surface area contributed by atoms with Gasteiger partial charge in [-0.1, -0.05) is 26.2 Å². The topological polar surface area (TPSA) is 22.1 Å². The van der Waals surface area contributed by atoms with Gasteiger partial charge < -0.3 is 4.74 Å². The van der Waals surface area contributed by atoms with Gasteiger partial charge in [0.1, 0.15) is 5.75 Å². The minimum atomic E-state index is 0.479. The number of aromatic nitrogens is 1. The molecule has 1 aromatic heterocycles. The number of hydrogen-bond donors (Lipinski definition) is 0. The molecule has 1 rings (SSSR count). The summed E-state index contributed by atoms with van der Waals surface area (Å²) in [7, 11) is 0. The second-order valence-electron chi connectivity index (χ2n) is 3.53. The number of rotatable bonds is 7. The fourth-order valence-electron chi connectivity index (χ4n) is 1.36. The lowest BCUT2D eigenvalue weighted by atomic mass is 10.2. The minimum absolute atomic E-state index is 0.479. The first-order valence-electron chi connectivity index (χ1n) is 5.50. The molecule has 2 nitrogen and oxygen atoms in total. The van der Waals surface area contributed by atoms with E-state index in [4.69, 9.17) is 16.3 Å². The van der Waals surface area contributed by atoms with Gasteiger partial charge in [-0.2, -0.15) is 0 Å². The van der Waals surface area contributed by atoms with Gasteiger partial charge in [-0.05, 0) is 12.5 Å². The standard InChI is InChI=1S/C12H18ClNO/c1-2-3-4-5-8-15-12-10-14-7-6-11(12)9-13/h6-7,10H,2-5,8-9H2,1H3. The quantitative estimate of drug-likeness (QED) is 0.523. The molecular weight excluding hydrogens is 210 g/mol. The van der Waals surface area contributed by atoms with Crippen LogP contribution in [0.15, 0.2) is 18.5 Å². The van der Waals surface area contributed by atoms with E-state index in [1.54, 1.807) is 12.4 Å². The Morgan fingerprint density at radius 3 is 2.93 bits per heavy atom. The van der Waals surface area contributed by atoms with Crippen molar-refractivity contribution in [3.05, 3.63) is 24.0 Å². The van der Waals surface area contributed by atoms with Crippen LogP contribution in [0.4, 0.5) is 0 Å². The molecule has 0 aliphatic heterocycles. The van der Waals surface area contributed by atoms with Crippen molar-refractivity contribution in [2.45, 2.75) is 38.5 Å². The van der Waals surface area contributed by atoms with Crippen molar-refractivity contribution in [2.75, 3.05) is 6.61 Å². The zero-order chi connectivity index (χ0) is 10.9. The predicted molar refractivity (Wildman–Crippen MR) is 63.4 cm³/mol. The Bertz CT molecular complexity index is 278. The molecule has 0 aromatic carbocycles. The highest BCUT2D eigenvalue weighted by Gasteiger charge is 2.01. The maximum Gasteiger partial charge on any atom is 0.141 e. The summed E-state index contributed by atoms with van der Waals surface area (Å²) in [6, 6.07) is 1.90. The van der Waals surface area contributed by atoms with Crippen molar-refractivity contribution in [1.82, 2.24) is 4.98 Å². The molecule has 0 fully saturated rings. The second-order valence-corrected chi connectivity index (χ2v) is 3.79. The van der Waals surface area contributed by atoms with Crippen molar-refractivity contribution < 1.29 is 4.74 Å². The highest BCUT2D eigenvalue weighted by Crippen LogP contribution is 2.18. The lowest BCUT2D eigenvalue weighted by molar-refractivity contribution is 0.301. The Labute approximate surface area is 96.6 Å². The Kier molecular flexibility index (Phi) is 6.17. The predicted octanol–water partition coefficient (Wildman–Crippen LogP) is 3.78. The molecule has 0 bridgehead atoms. The van der Waals surface area contributed by atoms with E-state index in [9.17, 15) is 0 Å². The van der Waals surface area contributed by atoms with Gasteiger partial charge in [-0.15, -0.1) is 11.6 Å². The number of hydrogen-bond acceptors (Lipinski definition) is 2. The molecule has 0 atom stereocenters. The Morgan fingerprint density at radius 1 is 1.33 bits per heavy atom. The molecule has 0 unspecified atom stereocenters. The van der Waals surface area contributed by atoms with Crippen molar-refractivity contribution >= 4 is 11.6 Å². The lowest BCUT2D eigenvalue weighted by Gasteiger charge is -2.08. The Balaban J connectivity index is 2.30. The molecule has 0 amide bonds. The molecule has 0 radical (unpaired) electrons. The number of nitrogens with zero attached hydrogens (tertiary/aromatic N) is 1. The van der Waals surface area contributed by atoms with Crippen LogP contribution in [0.5, 0.6) is 5.75 Å². The number of alkyl halides is 1. The van der Waals surface area contributed by atoms with Crippen LogP contribution < -0.4 is 4.74 Å². The summed E-state index contributed by atoms with van der Waals surface area (Å²) in [6.45, 7) is 2.96. The number of halogens is 1. The summed E-state index contributed by atoms with van der Waals surface area (Å²) in [6.07, 6.45) is 8.33. The summed E-state index contributed by atoms with van der Waals surface area (Å²) in [5, 5.41) is 0. The summed E-state index contributed by atoms with van der Waals surface area (Å²) in [5.41, 5.74) is 1.02. The normalized spacial score (nSPS) is 10.3. The van der Waals surface area contributed by atoms with E-state index in [1.807, 2.05) is 6.07 Å². The molecule has 0 spiro atoms. The van der Waals surface area contributed by atoms with Crippen LogP contribution in [0.3, 0.4) is 0 Å². The zero-order valence-corrected chi connectivity index (χ0v) is 9.96. The summed E-state index contributed by atoms with van der Waals surface area (Å²) < 4.78 is 5.63. The van der Waals surface area contributed by atoms with Gasteiger partial charge >= 0.3 is 0 Å². The minimum Gasteiger partial charge on any atom is -0.492 e. The molecule has 1 aromatic rings. The van der Waals surface area contributed by atoms with E-state index in [-0.39, 0.29) is 0 Å². The van der Waals surface area contributed by atoms with Crippen molar-refractivity contribution in [1.29, 1.82) is 0 Å². The molecule has 0 aliphatic rings. The van der Waals surface area contributed by atoms with Crippen LogP contribution in [0.25, 0.3) is 0 Å². The van der Waals surface area contributed by atoms with E-state index in [0.717, 1.165) is 24.3 Å². The van der Waals surface area contributed by atoms with Crippen LogP contribution >= 0.6 is 11.6 Å². The van der Waals surface area contributed by atoms with Gasteiger partial charge in [-0.25, -0.2) is 0 Å². The maximum atomic E-state index is 5.79.